The summed E-state index contributed by atoms with van der Waals surface area (Å²) in [6.07, 6.45) is 7.05. The van der Waals surface area contributed by atoms with Crippen LogP contribution in [0.1, 0.15) is 45.4 Å². The monoisotopic (exact) mass is 224 g/mol. The van der Waals surface area contributed by atoms with Gasteiger partial charge in [0.05, 0.1) is 0 Å². The first-order chi connectivity index (χ1) is 7.65. The molecule has 3 heteroatoms. The van der Waals surface area contributed by atoms with E-state index in [2.05, 4.69) is 17.1 Å². The number of likely N-dealkylation sites (N-methyl/N-ethyl adjacent to an activating group) is 1. The van der Waals surface area contributed by atoms with E-state index in [9.17, 15) is 4.79 Å². The normalized spacial score (nSPS) is 29.4. The standard InChI is InChI=1S/C13H24N2O/c1-13(7-4-3-5-8-13)12(16)15-9-6-11(10-15)14-2/h11,14H,3-10H2,1-2H3. The summed E-state index contributed by atoms with van der Waals surface area (Å²) in [4.78, 5) is 14.6. The smallest absolute Gasteiger partial charge is 0.228 e. The lowest BCUT2D eigenvalue weighted by molar-refractivity contribution is -0.142. The number of likely N-dealkylation sites (tertiary alicyclic amines) is 1. The van der Waals surface area contributed by atoms with E-state index in [-0.39, 0.29) is 5.41 Å². The SMILES string of the molecule is CNC1CCN(C(=O)C2(C)CCCCC2)C1. The van der Waals surface area contributed by atoms with Crippen LogP contribution >= 0.6 is 0 Å². The number of carbonyl (C=O) groups excluding carboxylic acids is 1. The molecule has 1 aliphatic heterocycles. The van der Waals surface area contributed by atoms with Crippen molar-refractivity contribution in [2.75, 3.05) is 20.1 Å². The van der Waals surface area contributed by atoms with E-state index in [0.29, 0.717) is 11.9 Å². The first kappa shape index (κ1) is 11.9. The van der Waals surface area contributed by atoms with E-state index in [0.717, 1.165) is 32.4 Å². The molecule has 1 saturated heterocycles. The zero-order valence-electron chi connectivity index (χ0n) is 10.6. The summed E-state index contributed by atoms with van der Waals surface area (Å²) in [5, 5.41) is 3.27. The second kappa shape index (κ2) is 4.74. The molecule has 1 aliphatic carbocycles. The maximum absolute atomic E-state index is 12.5. The molecule has 3 nitrogen and oxygen atoms in total. The van der Waals surface area contributed by atoms with E-state index in [1.807, 2.05) is 7.05 Å². The third-order valence-corrected chi connectivity index (χ3v) is 4.36. The summed E-state index contributed by atoms with van der Waals surface area (Å²) in [6, 6.07) is 0.510. The Kier molecular flexibility index (Phi) is 3.53. The number of carbonyl (C=O) groups is 1. The van der Waals surface area contributed by atoms with E-state index < -0.39 is 0 Å². The minimum Gasteiger partial charge on any atom is -0.341 e. The van der Waals surface area contributed by atoms with Crippen LogP contribution < -0.4 is 5.32 Å². The average molecular weight is 224 g/mol. The molecule has 2 rings (SSSR count). The Labute approximate surface area is 98.6 Å². The number of rotatable bonds is 2. The van der Waals surface area contributed by atoms with Gasteiger partial charge in [-0.1, -0.05) is 26.2 Å². The highest BCUT2D eigenvalue weighted by Gasteiger charge is 2.39. The van der Waals surface area contributed by atoms with Crippen LogP contribution in [0.25, 0.3) is 0 Å². The fourth-order valence-electron chi connectivity index (χ4n) is 3.11. The van der Waals surface area contributed by atoms with Gasteiger partial charge < -0.3 is 10.2 Å². The van der Waals surface area contributed by atoms with Gasteiger partial charge >= 0.3 is 0 Å². The largest absolute Gasteiger partial charge is 0.341 e. The van der Waals surface area contributed by atoms with Crippen LogP contribution in [0.15, 0.2) is 0 Å². The molecule has 0 spiro atoms. The number of hydrogen-bond donors (Lipinski definition) is 1. The molecule has 0 aromatic carbocycles. The molecule has 2 aliphatic rings. The van der Waals surface area contributed by atoms with Crippen molar-refractivity contribution in [3.8, 4) is 0 Å². The van der Waals surface area contributed by atoms with Crippen molar-refractivity contribution in [1.82, 2.24) is 10.2 Å². The zero-order valence-corrected chi connectivity index (χ0v) is 10.6. The van der Waals surface area contributed by atoms with Crippen LogP contribution in [0.3, 0.4) is 0 Å². The highest BCUT2D eigenvalue weighted by atomic mass is 16.2. The number of nitrogens with zero attached hydrogens (tertiary/aromatic N) is 1. The molecule has 1 atom stereocenters. The summed E-state index contributed by atoms with van der Waals surface area (Å²) >= 11 is 0. The van der Waals surface area contributed by atoms with Gasteiger partial charge in [0.2, 0.25) is 5.91 Å². The van der Waals surface area contributed by atoms with Crippen molar-refractivity contribution < 1.29 is 4.79 Å². The molecule has 2 fully saturated rings. The Morgan fingerprint density at radius 2 is 2.00 bits per heavy atom. The molecule has 0 aromatic rings. The van der Waals surface area contributed by atoms with E-state index in [4.69, 9.17) is 0 Å². The van der Waals surface area contributed by atoms with Crippen LogP contribution in [-0.2, 0) is 4.79 Å². The second-order valence-corrected chi connectivity index (χ2v) is 5.65. The van der Waals surface area contributed by atoms with E-state index in [1.165, 1.54) is 19.3 Å². The Morgan fingerprint density at radius 1 is 1.31 bits per heavy atom. The van der Waals surface area contributed by atoms with Gasteiger partial charge in [0.25, 0.3) is 0 Å². The molecule has 1 amide bonds. The molecule has 0 aromatic heterocycles. The Hall–Kier alpha value is -0.570. The number of nitrogens with one attached hydrogen (secondary N) is 1. The van der Waals surface area contributed by atoms with E-state index >= 15 is 0 Å². The third-order valence-electron chi connectivity index (χ3n) is 4.36. The molecule has 92 valence electrons. The zero-order chi connectivity index (χ0) is 11.6. The van der Waals surface area contributed by atoms with Crippen molar-refractivity contribution in [3.05, 3.63) is 0 Å². The maximum Gasteiger partial charge on any atom is 0.228 e. The minimum absolute atomic E-state index is 0.0547. The van der Waals surface area contributed by atoms with Gasteiger partial charge in [-0.25, -0.2) is 0 Å². The first-order valence-corrected chi connectivity index (χ1v) is 6.62. The first-order valence-electron chi connectivity index (χ1n) is 6.62. The number of hydrogen-bond acceptors (Lipinski definition) is 2. The molecule has 1 N–H and O–H groups in total. The summed E-state index contributed by atoms with van der Waals surface area (Å²) in [6.45, 7) is 4.02. The lowest BCUT2D eigenvalue weighted by Crippen LogP contribution is -2.43. The predicted octanol–water partition coefficient (Wildman–Crippen LogP) is 1.78. The molecule has 0 radical (unpaired) electrons. The second-order valence-electron chi connectivity index (χ2n) is 5.65. The molecule has 1 unspecified atom stereocenters. The van der Waals surface area contributed by atoms with Gasteiger partial charge in [-0.15, -0.1) is 0 Å². The van der Waals surface area contributed by atoms with Gasteiger partial charge in [0.15, 0.2) is 0 Å². The lowest BCUT2D eigenvalue weighted by atomic mass is 9.75. The van der Waals surface area contributed by atoms with Gasteiger partial charge in [-0.05, 0) is 26.3 Å². The molecule has 16 heavy (non-hydrogen) atoms. The molecular weight excluding hydrogens is 200 g/mol. The lowest BCUT2D eigenvalue weighted by Gasteiger charge is -2.35. The van der Waals surface area contributed by atoms with Crippen LogP contribution in [0, 0.1) is 5.41 Å². The van der Waals surface area contributed by atoms with Crippen molar-refractivity contribution in [2.45, 2.75) is 51.5 Å². The van der Waals surface area contributed by atoms with Crippen LogP contribution in [0.5, 0.6) is 0 Å². The third kappa shape index (κ3) is 2.24. The van der Waals surface area contributed by atoms with Gasteiger partial charge in [-0.2, -0.15) is 0 Å². The summed E-state index contributed by atoms with van der Waals surface area (Å²) in [7, 11) is 1.99. The van der Waals surface area contributed by atoms with Crippen LogP contribution in [-0.4, -0.2) is 37.0 Å². The van der Waals surface area contributed by atoms with Gasteiger partial charge in [-0.3, -0.25) is 4.79 Å². The summed E-state index contributed by atoms with van der Waals surface area (Å²) < 4.78 is 0. The Morgan fingerprint density at radius 3 is 2.56 bits per heavy atom. The minimum atomic E-state index is -0.0547. The van der Waals surface area contributed by atoms with Crippen LogP contribution in [0.2, 0.25) is 0 Å². The van der Waals surface area contributed by atoms with E-state index in [1.54, 1.807) is 0 Å². The van der Waals surface area contributed by atoms with Gasteiger partial charge in [0.1, 0.15) is 0 Å². The highest BCUT2D eigenvalue weighted by molar-refractivity contribution is 5.82. The van der Waals surface area contributed by atoms with Crippen molar-refractivity contribution >= 4 is 5.91 Å². The van der Waals surface area contributed by atoms with Crippen LogP contribution in [0.4, 0.5) is 0 Å². The molecular formula is C13H24N2O. The Balaban J connectivity index is 1.96. The Bertz CT molecular complexity index is 259. The average Bonchev–Trinajstić information content (AvgIpc) is 2.77. The molecule has 1 saturated carbocycles. The van der Waals surface area contributed by atoms with Gasteiger partial charge in [0, 0.05) is 24.5 Å². The quantitative estimate of drug-likeness (QED) is 0.775. The maximum atomic E-state index is 12.5. The highest BCUT2D eigenvalue weighted by Crippen LogP contribution is 2.38. The fraction of sp³-hybridized carbons (Fsp3) is 0.923. The van der Waals surface area contributed by atoms with Crippen molar-refractivity contribution in [2.24, 2.45) is 5.41 Å². The molecule has 1 heterocycles. The summed E-state index contributed by atoms with van der Waals surface area (Å²) in [5.74, 6) is 0.407. The topological polar surface area (TPSA) is 32.3 Å². The van der Waals surface area contributed by atoms with Crippen molar-refractivity contribution in [1.29, 1.82) is 0 Å². The van der Waals surface area contributed by atoms with Crippen molar-refractivity contribution in [3.63, 3.8) is 0 Å². The molecule has 0 bridgehead atoms. The number of amides is 1. The fourth-order valence-corrected chi connectivity index (χ4v) is 3.11. The predicted molar refractivity (Wildman–Crippen MR) is 65.2 cm³/mol. The summed E-state index contributed by atoms with van der Waals surface area (Å²) in [5.41, 5.74) is -0.0547.